The van der Waals surface area contributed by atoms with Gasteiger partial charge >= 0.3 is 0 Å². The van der Waals surface area contributed by atoms with E-state index in [1.54, 1.807) is 6.20 Å². The lowest BCUT2D eigenvalue weighted by Gasteiger charge is -2.20. The molecule has 0 saturated heterocycles. The zero-order valence-electron chi connectivity index (χ0n) is 14.6. The van der Waals surface area contributed by atoms with Crippen molar-refractivity contribution < 1.29 is 9.90 Å². The first-order valence-corrected chi connectivity index (χ1v) is 9.47. The van der Waals surface area contributed by atoms with Crippen LogP contribution in [0.1, 0.15) is 34.7 Å². The molecule has 0 radical (unpaired) electrons. The average molecular weight is 366 g/mol. The third-order valence-electron chi connectivity index (χ3n) is 4.23. The number of nitrogens with zero attached hydrogens (tertiary/aromatic N) is 1. The molecule has 0 amide bonds. The summed E-state index contributed by atoms with van der Waals surface area (Å²) in [6, 6.07) is 19.0. The number of carbonyl (C=O) groups excluding carboxylic acids is 1. The van der Waals surface area contributed by atoms with Gasteiger partial charge in [0.2, 0.25) is 0 Å². The molecule has 2 atom stereocenters. The number of rotatable bonds is 8. The van der Waals surface area contributed by atoms with Gasteiger partial charge in [-0.3, -0.25) is 9.78 Å². The van der Waals surface area contributed by atoms with Gasteiger partial charge in [0.1, 0.15) is 0 Å². The summed E-state index contributed by atoms with van der Waals surface area (Å²) in [5, 5.41) is 13.6. The van der Waals surface area contributed by atoms with Crippen LogP contribution in [0.5, 0.6) is 0 Å². The van der Waals surface area contributed by atoms with E-state index < -0.39 is 6.10 Å². The molecule has 2 heterocycles. The number of aromatic nitrogens is 1. The summed E-state index contributed by atoms with van der Waals surface area (Å²) in [6.07, 6.45) is 1.55. The largest absolute Gasteiger partial charge is 0.387 e. The summed E-state index contributed by atoms with van der Waals surface area (Å²) in [7, 11) is 0. The van der Waals surface area contributed by atoms with E-state index >= 15 is 0 Å². The van der Waals surface area contributed by atoms with Crippen LogP contribution in [0.3, 0.4) is 0 Å². The lowest BCUT2D eigenvalue weighted by Crippen LogP contribution is -2.33. The third-order valence-corrected chi connectivity index (χ3v) is 5.38. The van der Waals surface area contributed by atoms with E-state index in [9.17, 15) is 9.90 Å². The molecule has 0 aliphatic rings. The minimum Gasteiger partial charge on any atom is -0.387 e. The van der Waals surface area contributed by atoms with Crippen molar-refractivity contribution in [1.29, 1.82) is 0 Å². The summed E-state index contributed by atoms with van der Waals surface area (Å²) in [6.45, 7) is 2.45. The second-order valence-electron chi connectivity index (χ2n) is 6.15. The molecular weight excluding hydrogens is 344 g/mol. The molecule has 4 nitrogen and oxygen atoms in total. The van der Waals surface area contributed by atoms with Crippen molar-refractivity contribution in [2.75, 3.05) is 6.54 Å². The van der Waals surface area contributed by atoms with Crippen LogP contribution < -0.4 is 5.32 Å². The number of pyridine rings is 1. The van der Waals surface area contributed by atoms with E-state index in [2.05, 4.69) is 10.3 Å². The summed E-state index contributed by atoms with van der Waals surface area (Å²) in [4.78, 5) is 18.4. The molecule has 1 aromatic carbocycles. The highest BCUT2D eigenvalue weighted by atomic mass is 32.1. The van der Waals surface area contributed by atoms with Gasteiger partial charge in [0.15, 0.2) is 5.78 Å². The molecular formula is C21H22N2O2S. The molecule has 26 heavy (non-hydrogen) atoms. The number of aliphatic hydroxyl groups excluding tert-OH is 1. The summed E-state index contributed by atoms with van der Waals surface area (Å²) in [5.41, 5.74) is 1.76. The first kappa shape index (κ1) is 18.5. The summed E-state index contributed by atoms with van der Waals surface area (Å²) in [5.74, 6) is 0.103. The Morgan fingerprint density at radius 2 is 1.88 bits per heavy atom. The molecule has 0 aliphatic heterocycles. The Kier molecular flexibility index (Phi) is 6.28. The lowest BCUT2D eigenvalue weighted by atomic mass is 10.0. The van der Waals surface area contributed by atoms with Crippen molar-refractivity contribution in [3.63, 3.8) is 0 Å². The van der Waals surface area contributed by atoms with Gasteiger partial charge in [0, 0.05) is 25.2 Å². The predicted molar refractivity (Wildman–Crippen MR) is 105 cm³/mol. The van der Waals surface area contributed by atoms with Crippen molar-refractivity contribution in [3.8, 4) is 10.6 Å². The van der Waals surface area contributed by atoms with Gasteiger partial charge in [0.05, 0.1) is 21.6 Å². The molecule has 3 aromatic rings. The maximum atomic E-state index is 12.4. The van der Waals surface area contributed by atoms with Crippen LogP contribution >= 0.6 is 11.3 Å². The van der Waals surface area contributed by atoms with E-state index in [1.165, 1.54) is 11.3 Å². The van der Waals surface area contributed by atoms with Crippen LogP contribution in [-0.4, -0.2) is 28.5 Å². The van der Waals surface area contributed by atoms with E-state index in [-0.39, 0.29) is 11.8 Å². The fourth-order valence-corrected chi connectivity index (χ4v) is 3.67. The first-order valence-electron chi connectivity index (χ1n) is 8.66. The van der Waals surface area contributed by atoms with Gasteiger partial charge in [-0.2, -0.15) is 0 Å². The van der Waals surface area contributed by atoms with Gasteiger partial charge in [-0.25, -0.2) is 0 Å². The maximum absolute atomic E-state index is 12.4. The van der Waals surface area contributed by atoms with Crippen LogP contribution in [0.4, 0.5) is 0 Å². The number of aliphatic hydroxyl groups is 1. The molecule has 5 heteroatoms. The summed E-state index contributed by atoms with van der Waals surface area (Å²) < 4.78 is 0. The fraction of sp³-hybridized carbons (Fsp3) is 0.238. The van der Waals surface area contributed by atoms with Crippen LogP contribution in [0.2, 0.25) is 0 Å². The van der Waals surface area contributed by atoms with E-state index in [0.717, 1.165) is 21.0 Å². The Balaban J connectivity index is 1.51. The number of thiophene rings is 1. The Labute approximate surface area is 157 Å². The van der Waals surface area contributed by atoms with Crippen LogP contribution in [0, 0.1) is 0 Å². The van der Waals surface area contributed by atoms with Crippen molar-refractivity contribution in [2.45, 2.75) is 25.5 Å². The molecule has 134 valence electrons. The smallest absolute Gasteiger partial charge is 0.174 e. The van der Waals surface area contributed by atoms with Crippen molar-refractivity contribution in [3.05, 3.63) is 77.3 Å². The molecule has 0 spiro atoms. The second kappa shape index (κ2) is 8.85. The Bertz CT molecular complexity index is 833. The van der Waals surface area contributed by atoms with Crippen molar-refractivity contribution >= 4 is 17.1 Å². The maximum Gasteiger partial charge on any atom is 0.174 e. The Morgan fingerprint density at radius 1 is 1.12 bits per heavy atom. The number of ketones is 1. The normalized spacial score (nSPS) is 13.3. The molecule has 2 unspecified atom stereocenters. The Morgan fingerprint density at radius 3 is 2.62 bits per heavy atom. The number of Topliss-reactive ketones (excluding diaryl/α,β-unsaturated/α-hetero) is 1. The fourth-order valence-electron chi connectivity index (χ4n) is 2.72. The Hall–Kier alpha value is -2.34. The van der Waals surface area contributed by atoms with Crippen LogP contribution in [0.25, 0.3) is 10.6 Å². The molecule has 0 aliphatic carbocycles. The SMILES string of the molecule is CC(NCCC(=O)c1ccc(-c2ccccn2)s1)C(O)c1ccccc1. The molecule has 2 aromatic heterocycles. The lowest BCUT2D eigenvalue weighted by molar-refractivity contribution is 0.0976. The van der Waals surface area contributed by atoms with Gasteiger partial charge in [0.25, 0.3) is 0 Å². The minimum atomic E-state index is -0.594. The molecule has 2 N–H and O–H groups in total. The highest BCUT2D eigenvalue weighted by Crippen LogP contribution is 2.27. The van der Waals surface area contributed by atoms with Gasteiger partial charge < -0.3 is 10.4 Å². The standard InChI is InChI=1S/C21H22N2O2S/c1-15(21(25)16-7-3-2-4-8-16)22-14-12-18(24)20-11-10-19(26-20)17-9-5-6-13-23-17/h2-11,13,15,21-22,25H,12,14H2,1H3. The monoisotopic (exact) mass is 366 g/mol. The second-order valence-corrected chi connectivity index (χ2v) is 7.23. The zero-order chi connectivity index (χ0) is 18.4. The molecule has 0 bridgehead atoms. The topological polar surface area (TPSA) is 62.2 Å². The van der Waals surface area contributed by atoms with Crippen molar-refractivity contribution in [1.82, 2.24) is 10.3 Å². The molecule has 0 fully saturated rings. The van der Waals surface area contributed by atoms with E-state index in [1.807, 2.05) is 67.6 Å². The number of benzene rings is 1. The molecule has 0 saturated carbocycles. The van der Waals surface area contributed by atoms with Gasteiger partial charge in [-0.1, -0.05) is 36.4 Å². The first-order chi connectivity index (χ1) is 12.6. The number of nitrogens with one attached hydrogen (secondary N) is 1. The summed E-state index contributed by atoms with van der Waals surface area (Å²) >= 11 is 1.47. The van der Waals surface area contributed by atoms with Crippen molar-refractivity contribution in [2.24, 2.45) is 0 Å². The number of hydrogen-bond donors (Lipinski definition) is 2. The number of carbonyl (C=O) groups is 1. The average Bonchev–Trinajstić information content (AvgIpc) is 3.19. The predicted octanol–water partition coefficient (Wildman–Crippen LogP) is 4.09. The highest BCUT2D eigenvalue weighted by molar-refractivity contribution is 7.17. The quantitative estimate of drug-likeness (QED) is 0.589. The number of hydrogen-bond acceptors (Lipinski definition) is 5. The highest BCUT2D eigenvalue weighted by Gasteiger charge is 2.16. The minimum absolute atomic E-state index is 0.103. The van der Waals surface area contributed by atoms with Crippen LogP contribution in [-0.2, 0) is 0 Å². The van der Waals surface area contributed by atoms with Gasteiger partial charge in [-0.05, 0) is 36.8 Å². The van der Waals surface area contributed by atoms with E-state index in [0.29, 0.717) is 13.0 Å². The third kappa shape index (κ3) is 4.64. The zero-order valence-corrected chi connectivity index (χ0v) is 15.4. The molecule has 3 rings (SSSR count). The van der Waals surface area contributed by atoms with Crippen LogP contribution in [0.15, 0.2) is 66.9 Å². The van der Waals surface area contributed by atoms with Gasteiger partial charge in [-0.15, -0.1) is 11.3 Å². The van der Waals surface area contributed by atoms with E-state index in [4.69, 9.17) is 0 Å².